The first kappa shape index (κ1) is 27.8. The van der Waals surface area contributed by atoms with Crippen molar-refractivity contribution in [3.8, 4) is 11.5 Å². The summed E-state index contributed by atoms with van der Waals surface area (Å²) in [4.78, 5) is 29.2. The zero-order valence-electron chi connectivity index (χ0n) is 22.0. The van der Waals surface area contributed by atoms with Gasteiger partial charge >= 0.3 is 12.1 Å². The van der Waals surface area contributed by atoms with Gasteiger partial charge < -0.3 is 19.5 Å². The Morgan fingerprint density at radius 2 is 1.97 bits per heavy atom. The van der Waals surface area contributed by atoms with Crippen LogP contribution in [0.5, 0.6) is 11.5 Å². The molecule has 38 heavy (non-hydrogen) atoms. The first-order valence-electron chi connectivity index (χ1n) is 12.6. The van der Waals surface area contributed by atoms with Crippen LogP contribution in [0.3, 0.4) is 0 Å². The molecule has 1 N–H and O–H groups in total. The lowest BCUT2D eigenvalue weighted by Crippen LogP contribution is -2.48. The molecule has 0 spiro atoms. The summed E-state index contributed by atoms with van der Waals surface area (Å²) in [6, 6.07) is 8.51. The van der Waals surface area contributed by atoms with Gasteiger partial charge in [0.1, 0.15) is 17.1 Å². The summed E-state index contributed by atoms with van der Waals surface area (Å²) in [5.41, 5.74) is -0.178. The number of fused-ring (bicyclic) bond motifs is 1. The van der Waals surface area contributed by atoms with Crippen LogP contribution in [0.4, 0.5) is 13.2 Å². The van der Waals surface area contributed by atoms with E-state index in [2.05, 4.69) is 4.90 Å². The number of hydrogen-bond donors (Lipinski definition) is 1. The van der Waals surface area contributed by atoms with Crippen molar-refractivity contribution in [2.45, 2.75) is 58.4 Å². The highest BCUT2D eigenvalue weighted by atomic mass is 19.4. The zero-order valence-corrected chi connectivity index (χ0v) is 22.0. The van der Waals surface area contributed by atoms with E-state index in [1.54, 1.807) is 12.1 Å². The Morgan fingerprint density at radius 1 is 1.24 bits per heavy atom. The fraction of sp³-hybridized carbons (Fsp3) is 0.500. The molecule has 0 saturated heterocycles. The van der Waals surface area contributed by atoms with Crippen molar-refractivity contribution < 1.29 is 37.3 Å². The number of amides is 1. The monoisotopic (exact) mass is 534 g/mol. The van der Waals surface area contributed by atoms with E-state index in [4.69, 9.17) is 9.47 Å². The maximum atomic E-state index is 13.9. The van der Waals surface area contributed by atoms with Gasteiger partial charge in [0, 0.05) is 18.2 Å². The topological polar surface area (TPSA) is 79.3 Å². The van der Waals surface area contributed by atoms with Gasteiger partial charge in [-0.2, -0.15) is 13.2 Å². The minimum Gasteiger partial charge on any atom is -0.496 e. The number of carboxylic acid groups (broad SMARTS) is 1. The number of aromatic carboxylic acids is 1. The summed E-state index contributed by atoms with van der Waals surface area (Å²) in [5, 5.41) is 9.50. The van der Waals surface area contributed by atoms with Gasteiger partial charge in [-0.3, -0.25) is 9.69 Å². The van der Waals surface area contributed by atoms with E-state index in [0.717, 1.165) is 24.1 Å². The van der Waals surface area contributed by atoms with E-state index in [9.17, 15) is 27.9 Å². The fourth-order valence-electron chi connectivity index (χ4n) is 5.69. The standard InChI is InChI=1S/C28H33F3N2O5/c1-17(2)27(26(36)33-15-19-12-20(28(29,30)31)6-8-23(19)38-16-33)10-9-21(13-27)32(3)14-18-5-7-24(37-4)22(11-18)25(34)35/h5-8,11-12,17,21H,9-10,13-16H2,1-4H3,(H,34,35)/t21-,27+/m1/s1. The number of halogens is 3. The van der Waals surface area contributed by atoms with E-state index in [1.165, 1.54) is 18.1 Å². The Balaban J connectivity index is 1.49. The smallest absolute Gasteiger partial charge is 0.416 e. The van der Waals surface area contributed by atoms with Crippen molar-refractivity contribution in [3.63, 3.8) is 0 Å². The van der Waals surface area contributed by atoms with E-state index in [0.29, 0.717) is 36.4 Å². The first-order valence-corrected chi connectivity index (χ1v) is 12.6. The highest BCUT2D eigenvalue weighted by Crippen LogP contribution is 2.48. The van der Waals surface area contributed by atoms with Gasteiger partial charge in [0.05, 0.1) is 24.6 Å². The molecule has 2 aromatic rings. The molecule has 0 aromatic heterocycles. The third-order valence-corrected chi connectivity index (χ3v) is 8.02. The van der Waals surface area contributed by atoms with Crippen LogP contribution in [0, 0.1) is 11.3 Å². The average Bonchev–Trinajstić information content (AvgIpc) is 3.34. The molecular formula is C28H33F3N2O5. The molecule has 2 atom stereocenters. The van der Waals surface area contributed by atoms with Crippen LogP contribution in [0.25, 0.3) is 0 Å². The molecule has 2 aliphatic rings. The van der Waals surface area contributed by atoms with Crippen LogP contribution in [0.15, 0.2) is 36.4 Å². The Kier molecular flexibility index (Phi) is 7.65. The normalized spacial score (nSPS) is 21.4. The number of ether oxygens (including phenoxy) is 2. The summed E-state index contributed by atoms with van der Waals surface area (Å²) in [7, 11) is 3.38. The van der Waals surface area contributed by atoms with Gasteiger partial charge in [0.15, 0.2) is 6.73 Å². The third kappa shape index (κ3) is 5.32. The molecular weight excluding hydrogens is 501 g/mol. The van der Waals surface area contributed by atoms with Gasteiger partial charge in [0.25, 0.3) is 0 Å². The number of rotatable bonds is 7. The second-order valence-corrected chi connectivity index (χ2v) is 10.6. The predicted octanol–water partition coefficient (Wildman–Crippen LogP) is 5.42. The minimum atomic E-state index is -4.47. The molecule has 0 unspecified atom stereocenters. The molecule has 7 nitrogen and oxygen atoms in total. The van der Waals surface area contributed by atoms with Crippen molar-refractivity contribution in [1.82, 2.24) is 9.80 Å². The molecule has 1 saturated carbocycles. The fourth-order valence-corrected chi connectivity index (χ4v) is 5.69. The van der Waals surface area contributed by atoms with Gasteiger partial charge in [-0.15, -0.1) is 0 Å². The quantitative estimate of drug-likeness (QED) is 0.511. The molecule has 10 heteroatoms. The summed E-state index contributed by atoms with van der Waals surface area (Å²) in [6.07, 6.45) is -2.47. The Bertz CT molecular complexity index is 1220. The van der Waals surface area contributed by atoms with Crippen LogP contribution in [-0.4, -0.2) is 53.7 Å². The predicted molar refractivity (Wildman–Crippen MR) is 134 cm³/mol. The molecule has 1 fully saturated rings. The summed E-state index contributed by atoms with van der Waals surface area (Å²) >= 11 is 0. The SMILES string of the molecule is COc1ccc(CN(C)[C@@H]2CC[C@@](C(=O)N3COc4ccc(C(F)(F)F)cc4C3)(C(C)C)C2)cc1C(=O)O. The van der Waals surface area contributed by atoms with Crippen molar-refractivity contribution >= 4 is 11.9 Å². The summed E-state index contributed by atoms with van der Waals surface area (Å²) < 4.78 is 50.5. The van der Waals surface area contributed by atoms with Gasteiger partial charge in [-0.1, -0.05) is 19.9 Å². The highest BCUT2D eigenvalue weighted by Gasteiger charge is 2.50. The minimum absolute atomic E-state index is 0.00398. The lowest BCUT2D eigenvalue weighted by Gasteiger charge is -2.40. The first-order chi connectivity index (χ1) is 17.9. The zero-order chi connectivity index (χ0) is 27.8. The van der Waals surface area contributed by atoms with Crippen LogP contribution < -0.4 is 9.47 Å². The average molecular weight is 535 g/mol. The van der Waals surface area contributed by atoms with Crippen LogP contribution in [0.2, 0.25) is 0 Å². The van der Waals surface area contributed by atoms with Crippen LogP contribution in [0.1, 0.15) is 60.2 Å². The van der Waals surface area contributed by atoms with E-state index < -0.39 is 23.1 Å². The molecule has 1 aliphatic carbocycles. The molecule has 206 valence electrons. The maximum Gasteiger partial charge on any atom is 0.416 e. The molecule has 1 amide bonds. The molecule has 4 rings (SSSR count). The lowest BCUT2D eigenvalue weighted by atomic mass is 9.74. The number of methoxy groups -OCH3 is 1. The summed E-state index contributed by atoms with van der Waals surface area (Å²) in [6.45, 7) is 4.57. The van der Waals surface area contributed by atoms with Gasteiger partial charge in [-0.25, -0.2) is 4.79 Å². The Morgan fingerprint density at radius 3 is 2.61 bits per heavy atom. The Labute approximate surface area is 220 Å². The number of benzene rings is 2. The van der Waals surface area contributed by atoms with E-state index in [1.807, 2.05) is 27.0 Å². The van der Waals surface area contributed by atoms with Crippen LogP contribution >= 0.6 is 0 Å². The molecule has 0 radical (unpaired) electrons. The maximum absolute atomic E-state index is 13.9. The third-order valence-electron chi connectivity index (χ3n) is 8.02. The highest BCUT2D eigenvalue weighted by molar-refractivity contribution is 5.91. The Hall–Kier alpha value is -3.27. The van der Waals surface area contributed by atoms with E-state index in [-0.39, 0.29) is 36.7 Å². The number of hydrogen-bond acceptors (Lipinski definition) is 5. The van der Waals surface area contributed by atoms with Gasteiger partial charge in [-0.05, 0) is 68.1 Å². The molecule has 0 bridgehead atoms. The van der Waals surface area contributed by atoms with Crippen LogP contribution in [-0.2, 0) is 24.1 Å². The van der Waals surface area contributed by atoms with Crippen molar-refractivity contribution in [2.24, 2.45) is 11.3 Å². The number of nitrogens with zero attached hydrogens (tertiary/aromatic N) is 2. The second kappa shape index (κ2) is 10.5. The van der Waals surface area contributed by atoms with E-state index >= 15 is 0 Å². The number of carboxylic acids is 1. The van der Waals surface area contributed by atoms with Crippen molar-refractivity contribution in [2.75, 3.05) is 20.9 Å². The molecule has 1 aliphatic heterocycles. The molecule has 2 aromatic carbocycles. The second-order valence-electron chi connectivity index (χ2n) is 10.6. The van der Waals surface area contributed by atoms with Gasteiger partial charge in [0.2, 0.25) is 5.91 Å². The number of carbonyl (C=O) groups is 2. The van der Waals surface area contributed by atoms with Crippen molar-refractivity contribution in [1.29, 1.82) is 0 Å². The molecule has 1 heterocycles. The number of carbonyl (C=O) groups excluding carboxylic acids is 1. The largest absolute Gasteiger partial charge is 0.496 e. The van der Waals surface area contributed by atoms with Crippen molar-refractivity contribution in [3.05, 3.63) is 58.7 Å². The summed E-state index contributed by atoms with van der Waals surface area (Å²) in [5.74, 6) is -0.504. The lowest BCUT2D eigenvalue weighted by molar-refractivity contribution is -0.150. The number of alkyl halides is 3.